The van der Waals surface area contributed by atoms with Crippen molar-refractivity contribution in [3.8, 4) is 17.2 Å². The first-order valence-corrected chi connectivity index (χ1v) is 10.5. The molecule has 6 heteroatoms. The van der Waals surface area contributed by atoms with Crippen LogP contribution in [-0.2, 0) is 4.74 Å². The van der Waals surface area contributed by atoms with E-state index in [2.05, 4.69) is 31.0 Å². The number of hydrogen-bond acceptors (Lipinski definition) is 6. The Morgan fingerprint density at radius 1 is 1.10 bits per heavy atom. The first-order chi connectivity index (χ1) is 14.4. The standard InChI is InChI=1S/C24H28N2O4/c1-23(2)15-24(11-12-29-23)26-20(18-9-6-10-21(28-4)22(18)30-24)14-19(25-26)16-7-5-8-17(13-16)27-3/h5-10,13,20H,11-12,14-15H2,1-4H3/t20-,24+/m1/s1. The number of ether oxygens (including phenoxy) is 4. The van der Waals surface area contributed by atoms with Gasteiger partial charge in [-0.15, -0.1) is 0 Å². The third-order valence-corrected chi connectivity index (χ3v) is 6.30. The van der Waals surface area contributed by atoms with Crippen LogP contribution in [0.4, 0.5) is 0 Å². The van der Waals surface area contributed by atoms with Gasteiger partial charge in [0.1, 0.15) is 5.75 Å². The second-order valence-corrected chi connectivity index (χ2v) is 8.80. The van der Waals surface area contributed by atoms with Crippen LogP contribution < -0.4 is 14.2 Å². The molecule has 3 aliphatic heterocycles. The van der Waals surface area contributed by atoms with Gasteiger partial charge >= 0.3 is 0 Å². The number of hydrogen-bond donors (Lipinski definition) is 0. The molecule has 0 unspecified atom stereocenters. The summed E-state index contributed by atoms with van der Waals surface area (Å²) in [6.45, 7) is 4.87. The van der Waals surface area contributed by atoms with Gasteiger partial charge in [-0.25, -0.2) is 5.01 Å². The monoisotopic (exact) mass is 408 g/mol. The molecule has 2 aromatic carbocycles. The summed E-state index contributed by atoms with van der Waals surface area (Å²) in [7, 11) is 3.38. The van der Waals surface area contributed by atoms with Crippen LogP contribution in [0.1, 0.15) is 50.3 Å². The summed E-state index contributed by atoms with van der Waals surface area (Å²) in [6.07, 6.45) is 2.28. The number of hydrazone groups is 1. The Bertz CT molecular complexity index is 1000. The van der Waals surface area contributed by atoms with Gasteiger partial charge in [-0.05, 0) is 32.0 Å². The van der Waals surface area contributed by atoms with Crippen molar-refractivity contribution in [1.29, 1.82) is 0 Å². The predicted molar refractivity (Wildman–Crippen MR) is 114 cm³/mol. The van der Waals surface area contributed by atoms with Gasteiger partial charge in [-0.3, -0.25) is 0 Å². The Hall–Kier alpha value is -2.73. The highest BCUT2D eigenvalue weighted by Gasteiger charge is 2.55. The van der Waals surface area contributed by atoms with Crippen LogP contribution in [0.5, 0.6) is 17.2 Å². The van der Waals surface area contributed by atoms with E-state index in [9.17, 15) is 0 Å². The predicted octanol–water partition coefficient (Wildman–Crippen LogP) is 4.53. The number of methoxy groups -OCH3 is 2. The lowest BCUT2D eigenvalue weighted by Crippen LogP contribution is -2.60. The zero-order chi connectivity index (χ0) is 20.9. The number of nitrogens with zero attached hydrogens (tertiary/aromatic N) is 2. The second kappa shape index (κ2) is 6.91. The van der Waals surface area contributed by atoms with Gasteiger partial charge in [0.15, 0.2) is 11.5 Å². The molecule has 0 bridgehead atoms. The molecule has 158 valence electrons. The lowest BCUT2D eigenvalue weighted by atomic mass is 9.86. The van der Waals surface area contributed by atoms with E-state index < -0.39 is 5.72 Å². The highest BCUT2D eigenvalue weighted by Crippen LogP contribution is 2.54. The lowest BCUT2D eigenvalue weighted by Gasteiger charge is -2.52. The fourth-order valence-corrected chi connectivity index (χ4v) is 4.98. The maximum Gasteiger partial charge on any atom is 0.203 e. The van der Waals surface area contributed by atoms with Gasteiger partial charge < -0.3 is 18.9 Å². The summed E-state index contributed by atoms with van der Waals surface area (Å²) >= 11 is 0. The molecule has 0 saturated carbocycles. The molecule has 2 atom stereocenters. The maximum absolute atomic E-state index is 6.75. The minimum atomic E-state index is -0.561. The van der Waals surface area contributed by atoms with Gasteiger partial charge in [-0.2, -0.15) is 5.10 Å². The summed E-state index contributed by atoms with van der Waals surface area (Å²) in [5.41, 5.74) is 2.38. The molecule has 0 aliphatic carbocycles. The summed E-state index contributed by atoms with van der Waals surface area (Å²) in [6, 6.07) is 14.3. The summed E-state index contributed by atoms with van der Waals surface area (Å²) in [4.78, 5) is 0. The first kappa shape index (κ1) is 19.2. The van der Waals surface area contributed by atoms with Crippen LogP contribution in [-0.4, -0.2) is 42.9 Å². The molecule has 1 saturated heterocycles. The van der Waals surface area contributed by atoms with Crippen molar-refractivity contribution < 1.29 is 18.9 Å². The van der Waals surface area contributed by atoms with Crippen LogP contribution >= 0.6 is 0 Å². The summed E-state index contributed by atoms with van der Waals surface area (Å²) in [5, 5.41) is 7.31. The van der Waals surface area contributed by atoms with Crippen LogP contribution in [0.2, 0.25) is 0 Å². The fourth-order valence-electron chi connectivity index (χ4n) is 4.98. The van der Waals surface area contributed by atoms with Gasteiger partial charge in [0.25, 0.3) is 0 Å². The molecule has 5 rings (SSSR count). The SMILES string of the molecule is COc1cccc(C2=NN3[C@H](C2)c2cccc(OC)c2O[C@]32CCOC(C)(C)C2)c1. The molecule has 0 amide bonds. The average Bonchev–Trinajstić information content (AvgIpc) is 3.20. The third-order valence-electron chi connectivity index (χ3n) is 6.30. The summed E-state index contributed by atoms with van der Waals surface area (Å²) < 4.78 is 23.9. The van der Waals surface area contributed by atoms with Crippen molar-refractivity contribution in [2.24, 2.45) is 5.10 Å². The molecule has 1 spiro atoms. The molecule has 3 aliphatic rings. The fraction of sp³-hybridized carbons (Fsp3) is 0.458. The number of para-hydroxylation sites is 1. The molecule has 6 nitrogen and oxygen atoms in total. The molecular weight excluding hydrogens is 380 g/mol. The Labute approximate surface area is 177 Å². The van der Waals surface area contributed by atoms with Crippen molar-refractivity contribution in [3.05, 3.63) is 53.6 Å². The third kappa shape index (κ3) is 3.01. The number of fused-ring (bicyclic) bond motifs is 4. The molecule has 1 fully saturated rings. The van der Waals surface area contributed by atoms with Crippen molar-refractivity contribution in [2.75, 3.05) is 20.8 Å². The zero-order valence-corrected chi connectivity index (χ0v) is 18.0. The van der Waals surface area contributed by atoms with E-state index in [-0.39, 0.29) is 11.6 Å². The smallest absolute Gasteiger partial charge is 0.203 e. The Kier molecular flexibility index (Phi) is 4.43. The molecular formula is C24H28N2O4. The van der Waals surface area contributed by atoms with Crippen molar-refractivity contribution in [3.63, 3.8) is 0 Å². The van der Waals surface area contributed by atoms with Crippen LogP contribution in [0.15, 0.2) is 47.6 Å². The van der Waals surface area contributed by atoms with Crippen molar-refractivity contribution in [2.45, 2.75) is 50.5 Å². The number of benzene rings is 2. The van der Waals surface area contributed by atoms with Crippen molar-refractivity contribution in [1.82, 2.24) is 5.01 Å². The van der Waals surface area contributed by atoms with Crippen LogP contribution in [0.3, 0.4) is 0 Å². The Morgan fingerprint density at radius 2 is 1.93 bits per heavy atom. The van der Waals surface area contributed by atoms with E-state index >= 15 is 0 Å². The van der Waals surface area contributed by atoms with E-state index in [1.54, 1.807) is 14.2 Å². The normalized spacial score (nSPS) is 26.5. The van der Waals surface area contributed by atoms with Gasteiger partial charge in [0.2, 0.25) is 5.72 Å². The largest absolute Gasteiger partial charge is 0.497 e. The van der Waals surface area contributed by atoms with Gasteiger partial charge in [-0.1, -0.05) is 24.3 Å². The van der Waals surface area contributed by atoms with E-state index in [0.717, 1.165) is 53.3 Å². The average molecular weight is 408 g/mol. The number of rotatable bonds is 3. The molecule has 0 N–H and O–H groups in total. The second-order valence-electron chi connectivity index (χ2n) is 8.80. The zero-order valence-electron chi connectivity index (χ0n) is 18.0. The summed E-state index contributed by atoms with van der Waals surface area (Å²) in [5.74, 6) is 2.44. The molecule has 2 aromatic rings. The van der Waals surface area contributed by atoms with Gasteiger partial charge in [0.05, 0.1) is 38.2 Å². The van der Waals surface area contributed by atoms with Crippen molar-refractivity contribution >= 4 is 5.71 Å². The van der Waals surface area contributed by atoms with Crippen LogP contribution in [0, 0.1) is 0 Å². The minimum absolute atomic E-state index is 0.0963. The lowest BCUT2D eigenvalue weighted by molar-refractivity contribution is -0.212. The van der Waals surface area contributed by atoms with Gasteiger partial charge in [0, 0.05) is 30.4 Å². The molecule has 0 radical (unpaired) electrons. The van der Waals surface area contributed by atoms with Crippen LogP contribution in [0.25, 0.3) is 0 Å². The minimum Gasteiger partial charge on any atom is -0.497 e. The molecule has 30 heavy (non-hydrogen) atoms. The Morgan fingerprint density at radius 3 is 2.70 bits per heavy atom. The van der Waals surface area contributed by atoms with E-state index in [1.807, 2.05) is 30.3 Å². The van der Waals surface area contributed by atoms with E-state index in [1.165, 1.54) is 0 Å². The highest BCUT2D eigenvalue weighted by atomic mass is 16.6. The maximum atomic E-state index is 6.75. The quantitative estimate of drug-likeness (QED) is 0.747. The topological polar surface area (TPSA) is 52.5 Å². The van der Waals surface area contributed by atoms with E-state index in [0.29, 0.717) is 6.61 Å². The molecule has 0 aromatic heterocycles. The molecule has 3 heterocycles. The highest BCUT2D eigenvalue weighted by molar-refractivity contribution is 6.02. The van der Waals surface area contributed by atoms with E-state index in [4.69, 9.17) is 24.0 Å². The Balaban J connectivity index is 1.62. The first-order valence-electron chi connectivity index (χ1n) is 10.5.